The van der Waals surface area contributed by atoms with Gasteiger partial charge in [-0.25, -0.2) is 0 Å². The molecule has 2 heteroatoms. The van der Waals surface area contributed by atoms with Crippen molar-refractivity contribution in [1.29, 1.82) is 0 Å². The van der Waals surface area contributed by atoms with Gasteiger partial charge in [0, 0.05) is 39.0 Å². The molecule has 0 bridgehead atoms. The van der Waals surface area contributed by atoms with Crippen LogP contribution in [0.3, 0.4) is 0 Å². The first-order valence-electron chi connectivity index (χ1n) is 29.7. The fourth-order valence-corrected chi connectivity index (χ4v) is 16.8. The van der Waals surface area contributed by atoms with Gasteiger partial charge in [0.2, 0.25) is 0 Å². The SMILES string of the molecule is c1ccc(C2(c3ccccc3)c3ccccc3-c3cc(N(c4ccc5c(c4)-c4ccccc4C54c5ccccc5-c5ccccc54)c4ccc5c(c4)C4(c6ccccc6-5)c5ccc6ccccc6c5Oc5c4ccc4ccccc54)ccc32)cc1. The average Bonchev–Trinajstić information content (AvgIpc) is 1.66. The zero-order valence-electron chi connectivity index (χ0n) is 46.3. The lowest BCUT2D eigenvalue weighted by Gasteiger charge is -2.40. The highest BCUT2D eigenvalue weighted by Gasteiger charge is 2.54. The Balaban J connectivity index is 0.901. The Morgan fingerprint density at radius 2 is 0.529 bits per heavy atom. The molecule has 5 aliphatic rings. The molecular formula is C83H51NO. The number of hydrogen-bond acceptors (Lipinski definition) is 2. The maximum Gasteiger partial charge on any atom is 0.140 e. The van der Waals surface area contributed by atoms with Gasteiger partial charge in [0.25, 0.3) is 0 Å². The van der Waals surface area contributed by atoms with Crippen molar-refractivity contribution < 1.29 is 4.74 Å². The molecule has 0 saturated carbocycles. The van der Waals surface area contributed by atoms with E-state index in [1.165, 1.54) is 100 Å². The van der Waals surface area contributed by atoms with Gasteiger partial charge in [-0.05, 0) is 147 Å². The zero-order valence-corrected chi connectivity index (χ0v) is 46.3. The Hall–Kier alpha value is -10.8. The number of hydrogen-bond donors (Lipinski definition) is 0. The second-order valence-corrected chi connectivity index (χ2v) is 23.7. The van der Waals surface area contributed by atoms with Crippen LogP contribution in [0, 0.1) is 0 Å². The van der Waals surface area contributed by atoms with Gasteiger partial charge in [0.15, 0.2) is 0 Å². The van der Waals surface area contributed by atoms with E-state index >= 15 is 0 Å². The minimum absolute atomic E-state index is 0.470. The molecule has 2 spiro atoms. The summed E-state index contributed by atoms with van der Waals surface area (Å²) in [6.45, 7) is 0. The predicted molar refractivity (Wildman–Crippen MR) is 347 cm³/mol. The maximum atomic E-state index is 7.43. The average molecular weight is 1080 g/mol. The summed E-state index contributed by atoms with van der Waals surface area (Å²) in [5, 5.41) is 4.51. The smallest absolute Gasteiger partial charge is 0.140 e. The lowest BCUT2D eigenvalue weighted by molar-refractivity contribution is 0.447. The quantitative estimate of drug-likeness (QED) is 0.170. The molecule has 0 N–H and O–H groups in total. The first-order valence-corrected chi connectivity index (χ1v) is 29.7. The van der Waals surface area contributed by atoms with Crippen molar-refractivity contribution in [2.75, 3.05) is 4.90 Å². The number of fused-ring (bicyclic) bond motifs is 26. The van der Waals surface area contributed by atoms with Crippen molar-refractivity contribution in [2.24, 2.45) is 0 Å². The van der Waals surface area contributed by atoms with Crippen LogP contribution in [0.15, 0.2) is 309 Å². The Labute approximate surface area is 493 Å². The summed E-state index contributed by atoms with van der Waals surface area (Å²) in [7, 11) is 0. The molecule has 0 atom stereocenters. The van der Waals surface area contributed by atoms with E-state index in [1.807, 2.05) is 0 Å². The molecule has 4 aliphatic carbocycles. The van der Waals surface area contributed by atoms with Crippen molar-refractivity contribution in [3.05, 3.63) is 376 Å². The van der Waals surface area contributed by atoms with E-state index in [0.717, 1.165) is 61.2 Å². The van der Waals surface area contributed by atoms with Gasteiger partial charge in [-0.3, -0.25) is 0 Å². The summed E-state index contributed by atoms with van der Waals surface area (Å²) in [6, 6.07) is 117. The second-order valence-electron chi connectivity index (χ2n) is 23.7. The number of benzene rings is 14. The van der Waals surface area contributed by atoms with Crippen LogP contribution in [0.4, 0.5) is 17.1 Å². The third-order valence-corrected chi connectivity index (χ3v) is 20.0. The fourth-order valence-electron chi connectivity index (χ4n) is 16.8. The normalized spacial score (nSPS) is 14.7. The summed E-state index contributed by atoms with van der Waals surface area (Å²) in [5.41, 5.74) is 26.7. The molecule has 85 heavy (non-hydrogen) atoms. The first kappa shape index (κ1) is 46.8. The van der Waals surface area contributed by atoms with Gasteiger partial charge < -0.3 is 9.64 Å². The van der Waals surface area contributed by atoms with Gasteiger partial charge >= 0.3 is 0 Å². The van der Waals surface area contributed by atoms with E-state index in [2.05, 4.69) is 314 Å². The Morgan fingerprint density at radius 1 is 0.212 bits per heavy atom. The summed E-state index contributed by atoms with van der Waals surface area (Å²) in [4.78, 5) is 2.55. The lowest BCUT2D eigenvalue weighted by atomic mass is 9.65. The van der Waals surface area contributed by atoms with Crippen LogP contribution >= 0.6 is 0 Å². The Bertz CT molecular complexity index is 4920. The van der Waals surface area contributed by atoms with Crippen LogP contribution < -0.4 is 9.64 Å². The summed E-state index contributed by atoms with van der Waals surface area (Å²) >= 11 is 0. The van der Waals surface area contributed by atoms with Crippen LogP contribution in [-0.2, 0) is 16.2 Å². The molecule has 19 rings (SSSR count). The van der Waals surface area contributed by atoms with Crippen molar-refractivity contribution in [1.82, 2.24) is 0 Å². The highest BCUT2D eigenvalue weighted by atomic mass is 16.5. The standard InChI is InChI=1S/C83H51NO/c1-3-23-54(24-4-1)81(55-25-5-2-6-26-55)69-34-16-14-32-64(69)67-49-56(42-47-74(67)81)84(57-43-48-75-68(50-57)65-33-15-20-38-73(65)82(75)70-35-17-11-29-61(70)62-30-12-18-36-71(62)82)58-41-44-66-63-31-13-19-37-72(63)83(78(66)51-58)76-45-39-52-21-7-9-27-59(52)79(76)85-80-60-28-10-8-22-53(60)40-46-77(80)83/h1-51H. The van der Waals surface area contributed by atoms with Crippen molar-refractivity contribution in [3.63, 3.8) is 0 Å². The molecule has 1 aliphatic heterocycles. The molecule has 0 fully saturated rings. The molecule has 0 aromatic heterocycles. The van der Waals surface area contributed by atoms with Crippen LogP contribution in [0.25, 0.3) is 66.1 Å². The van der Waals surface area contributed by atoms with E-state index < -0.39 is 16.2 Å². The van der Waals surface area contributed by atoms with Crippen molar-refractivity contribution >= 4 is 38.6 Å². The molecule has 2 nitrogen and oxygen atoms in total. The zero-order chi connectivity index (χ0) is 55.6. The van der Waals surface area contributed by atoms with Crippen molar-refractivity contribution in [3.8, 4) is 56.0 Å². The van der Waals surface area contributed by atoms with Crippen LogP contribution in [0.1, 0.15) is 66.8 Å². The molecule has 1 heterocycles. The number of rotatable bonds is 5. The third kappa shape index (κ3) is 5.88. The maximum absolute atomic E-state index is 7.43. The molecular weight excluding hydrogens is 1030 g/mol. The van der Waals surface area contributed by atoms with E-state index in [1.54, 1.807) is 0 Å². The minimum atomic E-state index is -0.737. The van der Waals surface area contributed by atoms with Crippen molar-refractivity contribution in [2.45, 2.75) is 16.2 Å². The van der Waals surface area contributed by atoms with Gasteiger partial charge in [0.1, 0.15) is 11.5 Å². The number of ether oxygens (including phenoxy) is 1. The number of nitrogens with zero attached hydrogens (tertiary/aromatic N) is 1. The van der Waals surface area contributed by atoms with Gasteiger partial charge in [-0.2, -0.15) is 0 Å². The fraction of sp³-hybridized carbons (Fsp3) is 0.0361. The minimum Gasteiger partial charge on any atom is -0.455 e. The summed E-state index contributed by atoms with van der Waals surface area (Å²) in [5.74, 6) is 1.82. The molecule has 0 amide bonds. The molecule has 0 radical (unpaired) electrons. The monoisotopic (exact) mass is 1080 g/mol. The molecule has 14 aromatic rings. The van der Waals surface area contributed by atoms with Crippen LogP contribution in [0.2, 0.25) is 0 Å². The van der Waals surface area contributed by atoms with E-state index in [0.29, 0.717) is 0 Å². The Kier molecular flexibility index (Phi) is 9.43. The second kappa shape index (κ2) is 17.1. The van der Waals surface area contributed by atoms with Crippen LogP contribution in [-0.4, -0.2) is 0 Å². The number of anilines is 3. The Morgan fingerprint density at radius 3 is 1.00 bits per heavy atom. The lowest BCUT2D eigenvalue weighted by Crippen LogP contribution is -2.32. The van der Waals surface area contributed by atoms with E-state index in [4.69, 9.17) is 4.74 Å². The third-order valence-electron chi connectivity index (χ3n) is 20.0. The van der Waals surface area contributed by atoms with E-state index in [-0.39, 0.29) is 0 Å². The summed E-state index contributed by atoms with van der Waals surface area (Å²) in [6.07, 6.45) is 0. The van der Waals surface area contributed by atoms with Crippen LogP contribution in [0.5, 0.6) is 11.5 Å². The topological polar surface area (TPSA) is 12.5 Å². The molecule has 394 valence electrons. The first-order chi connectivity index (χ1) is 42.2. The molecule has 0 unspecified atom stereocenters. The van der Waals surface area contributed by atoms with Gasteiger partial charge in [-0.15, -0.1) is 0 Å². The predicted octanol–water partition coefficient (Wildman–Crippen LogP) is 20.6. The highest BCUT2D eigenvalue weighted by Crippen LogP contribution is 2.67. The van der Waals surface area contributed by atoms with Gasteiger partial charge in [0.05, 0.1) is 16.2 Å². The summed E-state index contributed by atoms with van der Waals surface area (Å²) < 4.78 is 7.43. The largest absolute Gasteiger partial charge is 0.455 e. The van der Waals surface area contributed by atoms with E-state index in [9.17, 15) is 0 Å². The highest BCUT2D eigenvalue weighted by molar-refractivity contribution is 6.02. The molecule has 0 saturated heterocycles. The van der Waals surface area contributed by atoms with Gasteiger partial charge in [-0.1, -0.05) is 273 Å². The molecule has 14 aromatic carbocycles.